The third-order valence-electron chi connectivity index (χ3n) is 3.65. The van der Waals surface area contributed by atoms with Crippen LogP contribution in [0.4, 0.5) is 0 Å². The quantitative estimate of drug-likeness (QED) is 0.397. The Balaban J connectivity index is 2.01. The molecule has 0 spiro atoms. The fourth-order valence-corrected chi connectivity index (χ4v) is 2.47. The minimum Gasteiger partial charge on any atom is -0.490 e. The second-order valence-electron chi connectivity index (χ2n) is 7.46. The van der Waals surface area contributed by atoms with E-state index in [0.29, 0.717) is 35.3 Å². The highest BCUT2D eigenvalue weighted by molar-refractivity contribution is 6.35. The smallest absolute Gasteiger partial charge is 0.329 e. The molecule has 0 unspecified atom stereocenters. The first kappa shape index (κ1) is 23.2. The standard InChI is InChI=1S/C22H26ClN3O4/c1-5-29-19-12-16(13-24-26-21(28)20(27)25-22(2,3)4)8-11-18(19)30-14-15-6-9-17(23)10-7-15/h6-13H,5,14H2,1-4H3,(H,25,27)(H,26,28). The maximum Gasteiger partial charge on any atom is 0.329 e. The molecule has 0 aliphatic heterocycles. The summed E-state index contributed by atoms with van der Waals surface area (Å²) in [6.45, 7) is 8.05. The van der Waals surface area contributed by atoms with Crippen molar-refractivity contribution in [3.8, 4) is 11.5 Å². The summed E-state index contributed by atoms with van der Waals surface area (Å²) < 4.78 is 11.5. The normalized spacial score (nSPS) is 11.2. The van der Waals surface area contributed by atoms with Gasteiger partial charge in [0.15, 0.2) is 11.5 Å². The Kier molecular flexibility index (Phi) is 8.24. The van der Waals surface area contributed by atoms with E-state index in [1.807, 2.05) is 19.1 Å². The second kappa shape index (κ2) is 10.6. The van der Waals surface area contributed by atoms with Gasteiger partial charge in [-0.2, -0.15) is 5.10 Å². The van der Waals surface area contributed by atoms with E-state index in [1.54, 1.807) is 51.1 Å². The van der Waals surface area contributed by atoms with Crippen LogP contribution in [0.2, 0.25) is 5.02 Å². The first-order valence-electron chi connectivity index (χ1n) is 9.47. The third kappa shape index (κ3) is 7.75. The van der Waals surface area contributed by atoms with Gasteiger partial charge < -0.3 is 14.8 Å². The molecule has 0 radical (unpaired) electrons. The van der Waals surface area contributed by atoms with Crippen LogP contribution in [0.5, 0.6) is 11.5 Å². The monoisotopic (exact) mass is 431 g/mol. The van der Waals surface area contributed by atoms with E-state index in [-0.39, 0.29) is 0 Å². The number of hydrogen-bond acceptors (Lipinski definition) is 5. The molecular formula is C22H26ClN3O4. The molecule has 0 saturated heterocycles. The first-order chi connectivity index (χ1) is 14.2. The van der Waals surface area contributed by atoms with Crippen LogP contribution in [-0.4, -0.2) is 30.2 Å². The molecule has 2 aromatic rings. The average molecular weight is 432 g/mol. The molecular weight excluding hydrogens is 406 g/mol. The van der Waals surface area contributed by atoms with Gasteiger partial charge in [0.2, 0.25) is 0 Å². The van der Waals surface area contributed by atoms with E-state index < -0.39 is 17.4 Å². The third-order valence-corrected chi connectivity index (χ3v) is 3.90. The van der Waals surface area contributed by atoms with E-state index in [0.717, 1.165) is 5.56 Å². The van der Waals surface area contributed by atoms with Gasteiger partial charge in [-0.15, -0.1) is 0 Å². The number of benzene rings is 2. The summed E-state index contributed by atoms with van der Waals surface area (Å²) in [6.07, 6.45) is 1.42. The van der Waals surface area contributed by atoms with Crippen LogP contribution in [0.15, 0.2) is 47.6 Å². The molecule has 160 valence electrons. The van der Waals surface area contributed by atoms with Crippen molar-refractivity contribution in [2.75, 3.05) is 6.61 Å². The van der Waals surface area contributed by atoms with Crippen molar-refractivity contribution < 1.29 is 19.1 Å². The molecule has 2 aromatic carbocycles. The molecule has 0 heterocycles. The summed E-state index contributed by atoms with van der Waals surface area (Å²) in [5.74, 6) is -0.459. The highest BCUT2D eigenvalue weighted by atomic mass is 35.5. The van der Waals surface area contributed by atoms with Crippen molar-refractivity contribution in [3.63, 3.8) is 0 Å². The number of nitrogens with one attached hydrogen (secondary N) is 2. The van der Waals surface area contributed by atoms with Gasteiger partial charge in [0.1, 0.15) is 6.61 Å². The van der Waals surface area contributed by atoms with Crippen LogP contribution in [-0.2, 0) is 16.2 Å². The van der Waals surface area contributed by atoms with E-state index in [4.69, 9.17) is 21.1 Å². The number of hydrogen-bond donors (Lipinski definition) is 2. The fraction of sp³-hybridized carbons (Fsp3) is 0.318. The van der Waals surface area contributed by atoms with Gasteiger partial charge in [-0.3, -0.25) is 9.59 Å². The highest BCUT2D eigenvalue weighted by Gasteiger charge is 2.19. The van der Waals surface area contributed by atoms with Crippen molar-refractivity contribution in [1.29, 1.82) is 0 Å². The topological polar surface area (TPSA) is 89.0 Å². The van der Waals surface area contributed by atoms with E-state index >= 15 is 0 Å². The van der Waals surface area contributed by atoms with Crippen LogP contribution in [0.1, 0.15) is 38.8 Å². The molecule has 0 aliphatic carbocycles. The van der Waals surface area contributed by atoms with E-state index in [2.05, 4.69) is 15.8 Å². The molecule has 8 heteroatoms. The van der Waals surface area contributed by atoms with Crippen molar-refractivity contribution in [2.45, 2.75) is 39.8 Å². The lowest BCUT2D eigenvalue weighted by Crippen LogP contribution is -2.47. The average Bonchev–Trinajstić information content (AvgIpc) is 2.67. The lowest BCUT2D eigenvalue weighted by Gasteiger charge is -2.19. The fourth-order valence-electron chi connectivity index (χ4n) is 2.35. The minimum absolute atomic E-state index is 0.365. The van der Waals surface area contributed by atoms with Gasteiger partial charge >= 0.3 is 11.8 Å². The summed E-state index contributed by atoms with van der Waals surface area (Å²) in [5.41, 5.74) is 3.35. The van der Waals surface area contributed by atoms with Crippen LogP contribution in [0.3, 0.4) is 0 Å². The number of ether oxygens (including phenoxy) is 2. The predicted octanol–water partition coefficient (Wildman–Crippen LogP) is 3.68. The largest absolute Gasteiger partial charge is 0.490 e. The molecule has 0 fully saturated rings. The zero-order valence-corrected chi connectivity index (χ0v) is 18.2. The van der Waals surface area contributed by atoms with E-state index in [9.17, 15) is 9.59 Å². The maximum atomic E-state index is 11.8. The van der Waals surface area contributed by atoms with Gasteiger partial charge in [0.25, 0.3) is 0 Å². The SMILES string of the molecule is CCOc1cc(C=NNC(=O)C(=O)NC(C)(C)C)ccc1OCc1ccc(Cl)cc1. The Morgan fingerprint density at radius 2 is 1.73 bits per heavy atom. The molecule has 2 rings (SSSR count). The molecule has 0 saturated carbocycles. The second-order valence-corrected chi connectivity index (χ2v) is 7.89. The number of rotatable bonds is 7. The zero-order chi connectivity index (χ0) is 22.1. The predicted molar refractivity (Wildman–Crippen MR) is 117 cm³/mol. The Morgan fingerprint density at radius 3 is 2.37 bits per heavy atom. The molecule has 30 heavy (non-hydrogen) atoms. The van der Waals surface area contributed by atoms with E-state index in [1.165, 1.54) is 6.21 Å². The van der Waals surface area contributed by atoms with Crippen molar-refractivity contribution >= 4 is 29.6 Å². The molecule has 0 bridgehead atoms. The van der Waals surface area contributed by atoms with Gasteiger partial charge in [0.05, 0.1) is 12.8 Å². The summed E-state index contributed by atoms with van der Waals surface area (Å²) in [7, 11) is 0. The van der Waals surface area contributed by atoms with Crippen LogP contribution < -0.4 is 20.2 Å². The number of carbonyl (C=O) groups excluding carboxylic acids is 2. The Morgan fingerprint density at radius 1 is 1.03 bits per heavy atom. The van der Waals surface area contributed by atoms with Crippen LogP contribution in [0.25, 0.3) is 0 Å². The lowest BCUT2D eigenvalue weighted by molar-refractivity contribution is -0.140. The highest BCUT2D eigenvalue weighted by Crippen LogP contribution is 2.29. The summed E-state index contributed by atoms with van der Waals surface area (Å²) in [6, 6.07) is 12.7. The lowest BCUT2D eigenvalue weighted by atomic mass is 10.1. The number of hydrazone groups is 1. The minimum atomic E-state index is -0.839. The molecule has 2 N–H and O–H groups in total. The van der Waals surface area contributed by atoms with Crippen LogP contribution >= 0.6 is 11.6 Å². The molecule has 2 amide bonds. The molecule has 0 atom stereocenters. The van der Waals surface area contributed by atoms with Crippen molar-refractivity contribution in [3.05, 3.63) is 58.6 Å². The Labute approximate surface area is 181 Å². The molecule has 0 aromatic heterocycles. The molecule has 0 aliphatic rings. The van der Waals surface area contributed by atoms with Gasteiger partial charge in [0, 0.05) is 10.6 Å². The number of nitrogens with zero attached hydrogens (tertiary/aromatic N) is 1. The maximum absolute atomic E-state index is 11.8. The van der Waals surface area contributed by atoms with Gasteiger partial charge in [-0.05, 0) is 69.2 Å². The number of halogens is 1. The van der Waals surface area contributed by atoms with Crippen LogP contribution in [0, 0.1) is 0 Å². The van der Waals surface area contributed by atoms with Gasteiger partial charge in [-0.25, -0.2) is 5.43 Å². The van der Waals surface area contributed by atoms with Crippen molar-refractivity contribution in [1.82, 2.24) is 10.7 Å². The zero-order valence-electron chi connectivity index (χ0n) is 17.5. The Hall–Kier alpha value is -3.06. The van der Waals surface area contributed by atoms with Gasteiger partial charge in [-0.1, -0.05) is 23.7 Å². The number of carbonyl (C=O) groups is 2. The summed E-state index contributed by atoms with van der Waals surface area (Å²) in [5, 5.41) is 7.06. The molecule has 7 nitrogen and oxygen atoms in total. The number of amides is 2. The Bertz CT molecular complexity index is 906. The first-order valence-corrected chi connectivity index (χ1v) is 9.85. The van der Waals surface area contributed by atoms with Crippen molar-refractivity contribution in [2.24, 2.45) is 5.10 Å². The summed E-state index contributed by atoms with van der Waals surface area (Å²) in [4.78, 5) is 23.5. The summed E-state index contributed by atoms with van der Waals surface area (Å²) >= 11 is 5.90.